The van der Waals surface area contributed by atoms with Crippen molar-refractivity contribution in [2.75, 3.05) is 18.5 Å². The lowest BCUT2D eigenvalue weighted by molar-refractivity contribution is -0.132. The van der Waals surface area contributed by atoms with Gasteiger partial charge >= 0.3 is 6.09 Å². The zero-order valence-electron chi connectivity index (χ0n) is 21.3. The van der Waals surface area contributed by atoms with Gasteiger partial charge in [-0.3, -0.25) is 24.2 Å². The maximum Gasteiger partial charge on any atom is 0.410 e. The number of rotatable bonds is 7. The second-order valence-corrected chi connectivity index (χ2v) is 9.81. The molecule has 0 aromatic carbocycles. The third-order valence-electron chi connectivity index (χ3n) is 5.58. The van der Waals surface area contributed by atoms with Crippen LogP contribution in [0.4, 0.5) is 10.6 Å². The van der Waals surface area contributed by atoms with Gasteiger partial charge in [0.15, 0.2) is 0 Å². The summed E-state index contributed by atoms with van der Waals surface area (Å²) in [7, 11) is 1.47. The second-order valence-electron chi connectivity index (χ2n) is 9.81. The number of ether oxygens (including phenoxy) is 1. The Hall–Kier alpha value is -3.17. The van der Waals surface area contributed by atoms with Gasteiger partial charge in [-0.25, -0.2) is 9.78 Å². The summed E-state index contributed by atoms with van der Waals surface area (Å²) in [5.74, 6) is -1.07. The molecule has 2 N–H and O–H groups in total. The predicted molar refractivity (Wildman–Crippen MR) is 128 cm³/mol. The molecule has 0 spiro atoms. The van der Waals surface area contributed by atoms with Crippen molar-refractivity contribution in [1.82, 2.24) is 20.5 Å². The summed E-state index contributed by atoms with van der Waals surface area (Å²) in [6.07, 6.45) is 1.27. The first-order chi connectivity index (χ1) is 15.8. The Balaban J connectivity index is 2.26. The molecule has 1 aromatic heterocycles. The number of nitrogens with one attached hydrogen (secondary N) is 2. The molecule has 1 unspecified atom stereocenters. The molecule has 0 saturated heterocycles. The molecule has 1 aromatic rings. The first kappa shape index (κ1) is 27.1. The minimum absolute atomic E-state index is 0.277. The van der Waals surface area contributed by atoms with Gasteiger partial charge in [-0.2, -0.15) is 0 Å². The Morgan fingerprint density at radius 2 is 1.88 bits per heavy atom. The number of amides is 4. The number of nitrogens with zero attached hydrogens (tertiary/aromatic N) is 3. The van der Waals surface area contributed by atoms with Gasteiger partial charge < -0.3 is 15.4 Å². The maximum atomic E-state index is 13.7. The molecule has 0 aliphatic carbocycles. The van der Waals surface area contributed by atoms with Crippen LogP contribution >= 0.6 is 0 Å². The van der Waals surface area contributed by atoms with Gasteiger partial charge in [-0.05, 0) is 52.2 Å². The summed E-state index contributed by atoms with van der Waals surface area (Å²) in [6.45, 7) is 12.6. The highest BCUT2D eigenvalue weighted by Crippen LogP contribution is 2.31. The van der Waals surface area contributed by atoms with Crippen LogP contribution in [0.2, 0.25) is 0 Å². The quantitative estimate of drug-likeness (QED) is 0.621. The van der Waals surface area contributed by atoms with Gasteiger partial charge in [0.05, 0.1) is 0 Å². The van der Waals surface area contributed by atoms with Crippen molar-refractivity contribution < 1.29 is 23.9 Å². The fraction of sp³-hybridized carbons (Fsp3) is 0.625. The first-order valence-corrected chi connectivity index (χ1v) is 11.6. The molecule has 34 heavy (non-hydrogen) atoms. The Kier molecular flexibility index (Phi) is 8.63. The van der Waals surface area contributed by atoms with Crippen molar-refractivity contribution in [2.24, 2.45) is 5.92 Å². The SMILES string of the molecule is CCNC(=O)C1Cc2cccnc2N1C(=O)[C@@H](NC(=O)[C@H](C)N(C)C(=O)OC(C)(C)C)C(C)C. The number of anilines is 1. The van der Waals surface area contributed by atoms with Crippen LogP contribution in [0.25, 0.3) is 0 Å². The molecule has 10 heteroatoms. The molecule has 0 radical (unpaired) electrons. The lowest BCUT2D eigenvalue weighted by Gasteiger charge is -2.32. The van der Waals surface area contributed by atoms with Crippen LogP contribution in [0.1, 0.15) is 54.0 Å². The van der Waals surface area contributed by atoms with E-state index in [0.29, 0.717) is 18.8 Å². The molecule has 0 bridgehead atoms. The van der Waals surface area contributed by atoms with Crippen LogP contribution in [0.3, 0.4) is 0 Å². The number of pyridine rings is 1. The average molecular weight is 476 g/mol. The standard InChI is InChI=1S/C24H37N5O5/c1-9-25-21(31)17-13-16-11-10-12-26-19(16)29(17)22(32)18(14(2)3)27-20(30)15(4)28(8)23(33)34-24(5,6)7/h10-12,14-15,17-18H,9,13H2,1-8H3,(H,25,31)(H,27,30)/t15-,17?,18-/m0/s1. The first-order valence-electron chi connectivity index (χ1n) is 11.6. The normalized spacial score (nSPS) is 17.0. The number of likely N-dealkylation sites (N-methyl/N-ethyl adjacent to an activating group) is 2. The van der Waals surface area contributed by atoms with Crippen LogP contribution in [0.5, 0.6) is 0 Å². The van der Waals surface area contributed by atoms with Gasteiger partial charge in [0, 0.05) is 26.2 Å². The van der Waals surface area contributed by atoms with Gasteiger partial charge in [0.1, 0.15) is 29.5 Å². The number of carbonyl (C=O) groups excluding carboxylic acids is 4. The van der Waals surface area contributed by atoms with Crippen LogP contribution < -0.4 is 15.5 Å². The molecule has 1 aliphatic heterocycles. The third-order valence-corrected chi connectivity index (χ3v) is 5.58. The smallest absolute Gasteiger partial charge is 0.410 e. The third kappa shape index (κ3) is 6.24. The molecule has 2 heterocycles. The molecule has 4 amide bonds. The fourth-order valence-corrected chi connectivity index (χ4v) is 3.62. The number of carbonyl (C=O) groups is 4. The number of hydrogen-bond acceptors (Lipinski definition) is 6. The van der Waals surface area contributed by atoms with Crippen LogP contribution in [0.15, 0.2) is 18.3 Å². The summed E-state index contributed by atoms with van der Waals surface area (Å²) in [6, 6.07) is 1.04. The van der Waals surface area contributed by atoms with Crippen molar-refractivity contribution in [3.05, 3.63) is 23.9 Å². The van der Waals surface area contributed by atoms with Crippen molar-refractivity contribution in [3.8, 4) is 0 Å². The van der Waals surface area contributed by atoms with Crippen molar-refractivity contribution in [3.63, 3.8) is 0 Å². The van der Waals surface area contributed by atoms with E-state index in [1.54, 1.807) is 40.0 Å². The van der Waals surface area contributed by atoms with E-state index in [2.05, 4.69) is 15.6 Å². The zero-order valence-corrected chi connectivity index (χ0v) is 21.3. The largest absolute Gasteiger partial charge is 0.444 e. The highest BCUT2D eigenvalue weighted by molar-refractivity contribution is 6.06. The highest BCUT2D eigenvalue weighted by Gasteiger charge is 2.43. The van der Waals surface area contributed by atoms with Crippen molar-refractivity contribution in [1.29, 1.82) is 0 Å². The van der Waals surface area contributed by atoms with Crippen LogP contribution in [-0.2, 0) is 25.5 Å². The molecule has 0 fully saturated rings. The van der Waals surface area contributed by atoms with Crippen LogP contribution in [-0.4, -0.2) is 71.0 Å². The Labute approximate surface area is 201 Å². The van der Waals surface area contributed by atoms with E-state index < -0.39 is 41.6 Å². The monoisotopic (exact) mass is 475 g/mol. The number of fused-ring (bicyclic) bond motifs is 1. The Morgan fingerprint density at radius 1 is 1.24 bits per heavy atom. The van der Waals surface area contributed by atoms with E-state index in [0.717, 1.165) is 5.56 Å². The van der Waals surface area contributed by atoms with Crippen molar-refractivity contribution in [2.45, 2.75) is 78.6 Å². The summed E-state index contributed by atoms with van der Waals surface area (Å²) in [4.78, 5) is 58.8. The second kappa shape index (κ2) is 10.8. The molecule has 2 rings (SSSR count). The molecular weight excluding hydrogens is 438 g/mol. The molecule has 0 saturated carbocycles. The molecular formula is C24H37N5O5. The average Bonchev–Trinajstić information content (AvgIpc) is 3.14. The summed E-state index contributed by atoms with van der Waals surface area (Å²) in [5, 5.41) is 5.55. The van der Waals surface area contributed by atoms with Crippen molar-refractivity contribution >= 4 is 29.6 Å². The molecule has 188 valence electrons. The minimum Gasteiger partial charge on any atom is -0.444 e. The lowest BCUT2D eigenvalue weighted by atomic mass is 10.0. The zero-order chi connectivity index (χ0) is 25.8. The number of aromatic nitrogens is 1. The van der Waals surface area contributed by atoms with E-state index >= 15 is 0 Å². The van der Waals surface area contributed by atoms with E-state index in [9.17, 15) is 19.2 Å². The lowest BCUT2D eigenvalue weighted by Crippen LogP contribution is -2.59. The van der Waals surface area contributed by atoms with E-state index in [4.69, 9.17) is 4.74 Å². The molecule has 3 atom stereocenters. The van der Waals surface area contributed by atoms with Gasteiger partial charge in [-0.15, -0.1) is 0 Å². The summed E-state index contributed by atoms with van der Waals surface area (Å²) >= 11 is 0. The maximum absolute atomic E-state index is 13.7. The summed E-state index contributed by atoms with van der Waals surface area (Å²) in [5.41, 5.74) is 0.0845. The highest BCUT2D eigenvalue weighted by atomic mass is 16.6. The van der Waals surface area contributed by atoms with Gasteiger partial charge in [-0.1, -0.05) is 19.9 Å². The Bertz CT molecular complexity index is 927. The van der Waals surface area contributed by atoms with E-state index in [1.165, 1.54) is 16.8 Å². The summed E-state index contributed by atoms with van der Waals surface area (Å²) < 4.78 is 5.33. The topological polar surface area (TPSA) is 121 Å². The Morgan fingerprint density at radius 3 is 2.44 bits per heavy atom. The van der Waals surface area contributed by atoms with Crippen LogP contribution in [0, 0.1) is 5.92 Å². The van der Waals surface area contributed by atoms with Gasteiger partial charge in [0.2, 0.25) is 11.8 Å². The van der Waals surface area contributed by atoms with E-state index in [-0.39, 0.29) is 11.8 Å². The molecule has 1 aliphatic rings. The van der Waals surface area contributed by atoms with Gasteiger partial charge in [0.25, 0.3) is 5.91 Å². The molecule has 10 nitrogen and oxygen atoms in total. The predicted octanol–water partition coefficient (Wildman–Crippen LogP) is 1.87. The fourth-order valence-electron chi connectivity index (χ4n) is 3.62. The van der Waals surface area contributed by atoms with E-state index in [1.807, 2.05) is 26.8 Å². The number of hydrogen-bond donors (Lipinski definition) is 2. The minimum atomic E-state index is -0.924.